The second-order valence-electron chi connectivity index (χ2n) is 7.59. The van der Waals surface area contributed by atoms with Gasteiger partial charge in [-0.15, -0.1) is 0 Å². The van der Waals surface area contributed by atoms with Crippen molar-refractivity contribution in [1.82, 2.24) is 10.3 Å². The highest BCUT2D eigenvalue weighted by Crippen LogP contribution is 2.48. The first-order valence-electron chi connectivity index (χ1n) is 9.99. The smallest absolute Gasteiger partial charge is 0.229 e. The lowest BCUT2D eigenvalue weighted by atomic mass is 9.81. The molecule has 1 saturated carbocycles. The number of pyridine rings is 1. The van der Waals surface area contributed by atoms with E-state index in [1.807, 2.05) is 18.2 Å². The van der Waals surface area contributed by atoms with E-state index in [0.29, 0.717) is 23.7 Å². The minimum absolute atomic E-state index is 0.0530. The maximum Gasteiger partial charge on any atom is 0.229 e. The van der Waals surface area contributed by atoms with Crippen LogP contribution in [0.4, 0.5) is 5.69 Å². The molecule has 4 atom stereocenters. The molecule has 1 aromatic carbocycles. The molecule has 2 aromatic rings. The van der Waals surface area contributed by atoms with Crippen LogP contribution < -0.4 is 20.1 Å². The zero-order valence-corrected chi connectivity index (χ0v) is 17.0. The topological polar surface area (TPSA) is 89.5 Å². The number of hydrogen-bond acceptors (Lipinski definition) is 5. The second-order valence-corrected chi connectivity index (χ2v) is 7.59. The van der Waals surface area contributed by atoms with Crippen LogP contribution in [0.1, 0.15) is 12.1 Å². The monoisotopic (exact) mass is 407 g/mol. The van der Waals surface area contributed by atoms with Gasteiger partial charge < -0.3 is 20.1 Å². The Kier molecular flexibility index (Phi) is 5.70. The average Bonchev–Trinajstić information content (AvgIpc) is 3.40. The first kappa shape index (κ1) is 19.9. The summed E-state index contributed by atoms with van der Waals surface area (Å²) in [4.78, 5) is 30.5. The van der Waals surface area contributed by atoms with Crippen molar-refractivity contribution in [2.45, 2.75) is 13.0 Å². The van der Waals surface area contributed by atoms with Gasteiger partial charge in [0.2, 0.25) is 11.8 Å². The number of anilines is 1. The molecule has 7 heteroatoms. The van der Waals surface area contributed by atoms with Crippen LogP contribution in [0.2, 0.25) is 0 Å². The number of hydrogen-bond donors (Lipinski definition) is 2. The molecule has 2 aliphatic carbocycles. The number of aromatic nitrogens is 1. The average molecular weight is 407 g/mol. The van der Waals surface area contributed by atoms with Crippen LogP contribution in [-0.4, -0.2) is 31.0 Å². The molecule has 0 aliphatic heterocycles. The number of allylic oxidation sites excluding steroid dienone is 2. The lowest BCUT2D eigenvalue weighted by Gasteiger charge is -2.26. The van der Waals surface area contributed by atoms with Gasteiger partial charge in [-0.05, 0) is 42.5 Å². The molecule has 2 aliphatic rings. The number of methoxy groups -OCH3 is 2. The Morgan fingerprint density at radius 1 is 1.03 bits per heavy atom. The molecule has 4 rings (SSSR count). The summed E-state index contributed by atoms with van der Waals surface area (Å²) >= 11 is 0. The maximum absolute atomic E-state index is 13.2. The summed E-state index contributed by atoms with van der Waals surface area (Å²) in [5, 5.41) is 5.91. The number of carbonyl (C=O) groups is 2. The molecule has 2 amide bonds. The highest BCUT2D eigenvalue weighted by molar-refractivity contribution is 5.98. The highest BCUT2D eigenvalue weighted by atomic mass is 16.5. The Bertz CT molecular complexity index is 960. The second kappa shape index (κ2) is 8.57. The molecule has 0 saturated heterocycles. The minimum atomic E-state index is -0.431. The lowest BCUT2D eigenvalue weighted by molar-refractivity contribution is -0.133. The molecule has 156 valence electrons. The summed E-state index contributed by atoms with van der Waals surface area (Å²) in [6.45, 7) is 0.343. The van der Waals surface area contributed by atoms with Gasteiger partial charge in [0.1, 0.15) is 11.5 Å². The van der Waals surface area contributed by atoms with E-state index in [2.05, 4.69) is 27.8 Å². The molecule has 1 aromatic heterocycles. The van der Waals surface area contributed by atoms with Gasteiger partial charge in [-0.2, -0.15) is 0 Å². The number of nitrogens with one attached hydrogen (secondary N) is 2. The van der Waals surface area contributed by atoms with E-state index in [1.54, 1.807) is 38.6 Å². The van der Waals surface area contributed by atoms with Crippen LogP contribution in [-0.2, 0) is 16.1 Å². The zero-order chi connectivity index (χ0) is 21.1. The minimum Gasteiger partial charge on any atom is -0.497 e. The molecule has 0 radical (unpaired) electrons. The third-order valence-corrected chi connectivity index (χ3v) is 5.90. The number of carbonyl (C=O) groups excluding carboxylic acids is 2. The van der Waals surface area contributed by atoms with Gasteiger partial charge in [-0.3, -0.25) is 14.6 Å². The molecule has 0 spiro atoms. The third kappa shape index (κ3) is 3.87. The fourth-order valence-corrected chi connectivity index (χ4v) is 4.46. The van der Waals surface area contributed by atoms with Gasteiger partial charge in [0, 0.05) is 12.3 Å². The van der Waals surface area contributed by atoms with E-state index in [1.165, 1.54) is 0 Å². The van der Waals surface area contributed by atoms with E-state index >= 15 is 0 Å². The van der Waals surface area contributed by atoms with E-state index < -0.39 is 11.8 Å². The fraction of sp³-hybridized carbons (Fsp3) is 0.348. The third-order valence-electron chi connectivity index (χ3n) is 5.90. The SMILES string of the molecule is COc1ccc(OC)c(NC(=O)[C@@H]2[C@H](C(=O)NCc3ccccn3)[C@H]3C=C[C@H]2C3)c1. The molecular formula is C23H25N3O4. The summed E-state index contributed by atoms with van der Waals surface area (Å²) in [5.74, 6) is 0.146. The summed E-state index contributed by atoms with van der Waals surface area (Å²) in [5.41, 5.74) is 1.31. The lowest BCUT2D eigenvalue weighted by Crippen LogP contribution is -2.41. The van der Waals surface area contributed by atoms with Gasteiger partial charge in [-0.1, -0.05) is 18.2 Å². The van der Waals surface area contributed by atoms with Crippen molar-refractivity contribution < 1.29 is 19.1 Å². The van der Waals surface area contributed by atoms with Gasteiger partial charge in [0.05, 0.1) is 44.0 Å². The number of nitrogens with zero attached hydrogens (tertiary/aromatic N) is 1. The van der Waals surface area contributed by atoms with Gasteiger partial charge in [-0.25, -0.2) is 0 Å². The number of rotatable bonds is 7. The maximum atomic E-state index is 13.2. The fourth-order valence-electron chi connectivity index (χ4n) is 4.46. The molecule has 1 heterocycles. The zero-order valence-electron chi connectivity index (χ0n) is 17.0. The number of ether oxygens (including phenoxy) is 2. The Hall–Kier alpha value is -3.35. The summed E-state index contributed by atoms with van der Waals surface area (Å²) in [7, 11) is 3.11. The highest BCUT2D eigenvalue weighted by Gasteiger charge is 2.51. The Morgan fingerprint density at radius 3 is 2.47 bits per heavy atom. The standard InChI is InChI=1S/C23H25N3O4/c1-29-17-8-9-19(30-2)18(12-17)26-23(28)21-15-7-6-14(11-15)20(21)22(27)25-13-16-5-3-4-10-24-16/h3-10,12,14-15,20-21H,11,13H2,1-2H3,(H,25,27)(H,26,28)/t14-,15-,20+,21-/m0/s1. The molecule has 2 bridgehead atoms. The van der Waals surface area contributed by atoms with E-state index in [4.69, 9.17) is 9.47 Å². The van der Waals surface area contributed by atoms with Gasteiger partial charge in [0.25, 0.3) is 0 Å². The van der Waals surface area contributed by atoms with Crippen LogP contribution in [0, 0.1) is 23.7 Å². The molecule has 0 unspecified atom stereocenters. The van der Waals surface area contributed by atoms with Crippen molar-refractivity contribution in [2.24, 2.45) is 23.7 Å². The number of amides is 2. The van der Waals surface area contributed by atoms with Crippen molar-refractivity contribution in [1.29, 1.82) is 0 Å². The Labute approximate surface area is 175 Å². The summed E-state index contributed by atoms with van der Waals surface area (Å²) < 4.78 is 10.6. The van der Waals surface area contributed by atoms with Crippen molar-refractivity contribution in [3.63, 3.8) is 0 Å². The quantitative estimate of drug-likeness (QED) is 0.689. The van der Waals surface area contributed by atoms with E-state index in [0.717, 1.165) is 12.1 Å². The molecule has 30 heavy (non-hydrogen) atoms. The molecular weight excluding hydrogens is 382 g/mol. The Balaban J connectivity index is 1.50. The number of fused-ring (bicyclic) bond motifs is 2. The van der Waals surface area contributed by atoms with Gasteiger partial charge in [0.15, 0.2) is 0 Å². The molecule has 1 fully saturated rings. The normalized spacial score (nSPS) is 23.8. The van der Waals surface area contributed by atoms with Crippen LogP contribution in [0.3, 0.4) is 0 Å². The Morgan fingerprint density at radius 2 is 1.80 bits per heavy atom. The first-order valence-corrected chi connectivity index (χ1v) is 9.99. The van der Waals surface area contributed by atoms with Gasteiger partial charge >= 0.3 is 0 Å². The predicted molar refractivity (Wildman–Crippen MR) is 112 cm³/mol. The van der Waals surface area contributed by atoms with Crippen LogP contribution in [0.25, 0.3) is 0 Å². The summed E-state index contributed by atoms with van der Waals surface area (Å²) in [6.07, 6.45) is 6.63. The van der Waals surface area contributed by atoms with Crippen molar-refractivity contribution >= 4 is 17.5 Å². The predicted octanol–water partition coefficient (Wildman–Crippen LogP) is 2.79. The van der Waals surface area contributed by atoms with E-state index in [9.17, 15) is 9.59 Å². The van der Waals surface area contributed by atoms with Crippen molar-refractivity contribution in [3.05, 3.63) is 60.4 Å². The van der Waals surface area contributed by atoms with Crippen LogP contribution in [0.15, 0.2) is 54.7 Å². The summed E-state index contributed by atoms with van der Waals surface area (Å²) in [6, 6.07) is 10.8. The van der Waals surface area contributed by atoms with Crippen molar-refractivity contribution in [2.75, 3.05) is 19.5 Å². The largest absolute Gasteiger partial charge is 0.497 e. The first-order chi connectivity index (χ1) is 14.6. The number of benzene rings is 1. The van der Waals surface area contributed by atoms with E-state index in [-0.39, 0.29) is 23.7 Å². The molecule has 7 nitrogen and oxygen atoms in total. The van der Waals surface area contributed by atoms with Crippen LogP contribution in [0.5, 0.6) is 11.5 Å². The molecule has 2 N–H and O–H groups in total. The van der Waals surface area contributed by atoms with Crippen molar-refractivity contribution in [3.8, 4) is 11.5 Å². The van der Waals surface area contributed by atoms with Crippen LogP contribution >= 0.6 is 0 Å².